The van der Waals surface area contributed by atoms with Gasteiger partial charge in [-0.2, -0.15) is 0 Å². The third-order valence-corrected chi connectivity index (χ3v) is 11.8. The number of aryl methyl sites for hydroxylation is 6. The van der Waals surface area contributed by atoms with Gasteiger partial charge in [0.2, 0.25) is 0 Å². The van der Waals surface area contributed by atoms with E-state index in [0.29, 0.717) is 127 Å². The molecule has 0 bridgehead atoms. The summed E-state index contributed by atoms with van der Waals surface area (Å²) in [5, 5.41) is 27.5. The largest absolute Gasteiger partial charge is 0.445 e. The number of hydrogen-bond donors (Lipinski definition) is 7. The number of benzene rings is 4. The van der Waals surface area contributed by atoms with Gasteiger partial charge in [0.25, 0.3) is 11.8 Å². The molecule has 0 radical (unpaired) electrons. The number of alkyl carbamates (subject to hydrolysis) is 4. The van der Waals surface area contributed by atoms with E-state index < -0.39 is 41.2 Å². The van der Waals surface area contributed by atoms with Crippen LogP contribution in [-0.4, -0.2) is 97.4 Å². The van der Waals surface area contributed by atoms with Crippen molar-refractivity contribution in [2.45, 2.75) is 169 Å². The molecular weight excluding hydrogens is 1000 g/mol. The van der Waals surface area contributed by atoms with Crippen molar-refractivity contribution < 1.29 is 52.8 Å². The fourth-order valence-electron chi connectivity index (χ4n) is 8.43. The average Bonchev–Trinajstić information content (AvgIpc) is 3.37. The van der Waals surface area contributed by atoms with Gasteiger partial charge in [-0.3, -0.25) is 9.59 Å². The monoisotopic (exact) mass is 1090 g/mol. The summed E-state index contributed by atoms with van der Waals surface area (Å²) >= 11 is 0. The van der Waals surface area contributed by atoms with Crippen LogP contribution in [0.4, 0.5) is 19.2 Å². The standard InChI is InChI=1S/C62H88N6O11/c1-60(2,3)77-57(73)66-30-16-24-48-34-47(23-15-29-65-56(72)76-43-44-19-11-10-12-20-44)38-52(39-48)54(70)63-27-13-21-45-33-46(37-51(36-45)42-69)22-14-28-64-55(71)53-40-49(25-17-31-67-58(74)78-61(4,5)6)35-50(41-53)26-18-32-68-59(75)79-62(7,8)9/h10-12,19-20,33-41,69H,13-18,21-32,42-43H2,1-9H3,(H,63,70)(H,64,71)(H,65,72)(H,66,73)(H,67,74)(H,68,75). The quantitative estimate of drug-likeness (QED) is 0.0200. The molecule has 0 aliphatic rings. The van der Waals surface area contributed by atoms with E-state index >= 15 is 0 Å². The Morgan fingerprint density at radius 1 is 0.367 bits per heavy atom. The van der Waals surface area contributed by atoms with E-state index in [1.807, 2.05) is 129 Å². The molecule has 0 fully saturated rings. The lowest BCUT2D eigenvalue weighted by Crippen LogP contribution is -2.33. The number of aliphatic hydroxyl groups excluding tert-OH is 1. The van der Waals surface area contributed by atoms with Crippen LogP contribution in [0.15, 0.2) is 84.9 Å². The predicted molar refractivity (Wildman–Crippen MR) is 307 cm³/mol. The number of hydrogen-bond acceptors (Lipinski definition) is 11. The maximum Gasteiger partial charge on any atom is 0.407 e. The van der Waals surface area contributed by atoms with Crippen LogP contribution in [0, 0.1) is 0 Å². The maximum absolute atomic E-state index is 13.7. The van der Waals surface area contributed by atoms with Gasteiger partial charge in [-0.25, -0.2) is 19.2 Å². The summed E-state index contributed by atoms with van der Waals surface area (Å²) in [6.07, 6.45) is 5.77. The van der Waals surface area contributed by atoms with Crippen LogP contribution < -0.4 is 31.9 Å². The lowest BCUT2D eigenvalue weighted by molar-refractivity contribution is 0.0515. The van der Waals surface area contributed by atoms with Crippen molar-refractivity contribution in [1.29, 1.82) is 0 Å². The van der Waals surface area contributed by atoms with E-state index in [-0.39, 0.29) is 25.0 Å². The van der Waals surface area contributed by atoms with Crippen LogP contribution in [0.25, 0.3) is 0 Å². The third kappa shape index (κ3) is 28.4. The first-order chi connectivity index (χ1) is 37.4. The second kappa shape index (κ2) is 32.7. The lowest BCUT2D eigenvalue weighted by Gasteiger charge is -2.19. The minimum absolute atomic E-state index is 0.120. The third-order valence-electron chi connectivity index (χ3n) is 11.8. The van der Waals surface area contributed by atoms with E-state index in [1.165, 1.54) is 0 Å². The molecule has 6 amide bonds. The first-order valence-electron chi connectivity index (χ1n) is 27.8. The van der Waals surface area contributed by atoms with Gasteiger partial charge in [0, 0.05) is 50.4 Å². The van der Waals surface area contributed by atoms with E-state index in [2.05, 4.69) is 50.1 Å². The second-order valence-corrected chi connectivity index (χ2v) is 22.8. The van der Waals surface area contributed by atoms with Gasteiger partial charge in [0.05, 0.1) is 6.61 Å². The Bertz CT molecular complexity index is 2530. The molecule has 0 aliphatic carbocycles. The normalized spacial score (nSPS) is 11.5. The highest BCUT2D eigenvalue weighted by Crippen LogP contribution is 2.19. The molecule has 4 aromatic rings. The Morgan fingerprint density at radius 2 is 0.646 bits per heavy atom. The zero-order valence-corrected chi connectivity index (χ0v) is 48.3. The molecule has 0 atom stereocenters. The summed E-state index contributed by atoms with van der Waals surface area (Å²) in [7, 11) is 0. The Kier molecular flexibility index (Phi) is 26.6. The zero-order valence-electron chi connectivity index (χ0n) is 48.3. The summed E-state index contributed by atoms with van der Waals surface area (Å²) in [5.74, 6) is -0.400. The molecule has 4 aromatic carbocycles. The smallest absolute Gasteiger partial charge is 0.407 e. The van der Waals surface area contributed by atoms with Gasteiger partial charge >= 0.3 is 24.4 Å². The molecule has 432 valence electrons. The van der Waals surface area contributed by atoms with E-state index in [1.54, 1.807) is 0 Å². The Hall–Kier alpha value is -7.14. The molecule has 0 saturated heterocycles. The van der Waals surface area contributed by atoms with Crippen LogP contribution >= 0.6 is 0 Å². The van der Waals surface area contributed by atoms with Crippen molar-refractivity contribution in [3.63, 3.8) is 0 Å². The number of carbonyl (C=O) groups excluding carboxylic acids is 6. The highest BCUT2D eigenvalue weighted by atomic mass is 16.6. The summed E-state index contributed by atoms with van der Waals surface area (Å²) < 4.78 is 21.4. The number of aliphatic hydroxyl groups is 1. The topological polar surface area (TPSA) is 232 Å². The zero-order chi connectivity index (χ0) is 57.9. The van der Waals surface area contributed by atoms with Crippen molar-refractivity contribution in [2.75, 3.05) is 39.3 Å². The number of ether oxygens (including phenoxy) is 4. The van der Waals surface area contributed by atoms with Crippen LogP contribution in [0.5, 0.6) is 0 Å². The average molecular weight is 1090 g/mol. The van der Waals surface area contributed by atoms with Crippen molar-refractivity contribution in [2.24, 2.45) is 0 Å². The Balaban J connectivity index is 1.30. The van der Waals surface area contributed by atoms with E-state index in [4.69, 9.17) is 18.9 Å². The van der Waals surface area contributed by atoms with Crippen LogP contribution in [0.2, 0.25) is 0 Å². The van der Waals surface area contributed by atoms with Gasteiger partial charge in [-0.1, -0.05) is 60.7 Å². The summed E-state index contributed by atoms with van der Waals surface area (Å²) in [6.45, 7) is 18.8. The molecule has 0 spiro atoms. The van der Waals surface area contributed by atoms with Gasteiger partial charge < -0.3 is 56.0 Å². The van der Waals surface area contributed by atoms with Gasteiger partial charge in [0.15, 0.2) is 0 Å². The van der Waals surface area contributed by atoms with E-state index in [0.717, 1.165) is 44.5 Å². The number of nitrogens with one attached hydrogen (secondary N) is 6. The summed E-state index contributed by atoms with van der Waals surface area (Å²) in [5.41, 5.74) is 6.85. The molecule has 17 nitrogen and oxygen atoms in total. The fourth-order valence-corrected chi connectivity index (χ4v) is 8.43. The fraction of sp³-hybridized carbons (Fsp3) is 0.516. The molecule has 0 aliphatic heterocycles. The van der Waals surface area contributed by atoms with Gasteiger partial charge in [-0.05, 0) is 208 Å². The first-order valence-corrected chi connectivity index (χ1v) is 27.8. The number of rotatable bonds is 29. The minimum atomic E-state index is -0.603. The van der Waals surface area contributed by atoms with Crippen molar-refractivity contribution in [1.82, 2.24) is 31.9 Å². The number of carbonyl (C=O) groups is 6. The Morgan fingerprint density at radius 3 is 0.949 bits per heavy atom. The van der Waals surface area contributed by atoms with Crippen LogP contribution in [-0.2, 0) is 70.7 Å². The van der Waals surface area contributed by atoms with Gasteiger partial charge in [-0.15, -0.1) is 0 Å². The molecular formula is C62H88N6O11. The molecule has 7 N–H and O–H groups in total. The molecule has 0 aromatic heterocycles. The molecule has 17 heteroatoms. The maximum atomic E-state index is 13.7. The molecule has 0 unspecified atom stereocenters. The minimum Gasteiger partial charge on any atom is -0.445 e. The highest BCUT2D eigenvalue weighted by Gasteiger charge is 2.19. The number of amides is 6. The summed E-state index contributed by atoms with van der Waals surface area (Å²) in [4.78, 5) is 76.2. The van der Waals surface area contributed by atoms with Crippen LogP contribution in [0.1, 0.15) is 166 Å². The molecule has 0 saturated carbocycles. The predicted octanol–water partition coefficient (Wildman–Crippen LogP) is 10.1. The van der Waals surface area contributed by atoms with E-state index in [9.17, 15) is 33.9 Å². The SMILES string of the molecule is CC(C)(C)OC(=O)NCCCc1cc(CCCNC(=O)OCc2ccccc2)cc(C(=O)NCCCc2cc(CO)cc(CCCNC(=O)c3cc(CCCNC(=O)OC(C)(C)C)cc(CCCNC(=O)OC(C)(C)C)c3)c2)c1. The molecule has 4 rings (SSSR count). The molecule has 0 heterocycles. The Labute approximate surface area is 468 Å². The first kappa shape index (κ1) is 64.4. The lowest BCUT2D eigenvalue weighted by atomic mass is 9.98. The summed E-state index contributed by atoms with van der Waals surface area (Å²) in [6, 6.07) is 27.2. The van der Waals surface area contributed by atoms with Crippen molar-refractivity contribution in [3.8, 4) is 0 Å². The highest BCUT2D eigenvalue weighted by molar-refractivity contribution is 5.95. The van der Waals surface area contributed by atoms with Crippen molar-refractivity contribution in [3.05, 3.63) is 141 Å². The van der Waals surface area contributed by atoms with Crippen molar-refractivity contribution >= 4 is 36.2 Å². The second-order valence-electron chi connectivity index (χ2n) is 22.8. The van der Waals surface area contributed by atoms with Crippen LogP contribution in [0.3, 0.4) is 0 Å². The van der Waals surface area contributed by atoms with Gasteiger partial charge in [0.1, 0.15) is 23.4 Å². The molecule has 79 heavy (non-hydrogen) atoms.